The number of aliphatic carboxylic acids is 1. The zero-order valence-corrected chi connectivity index (χ0v) is 10.7. The Morgan fingerprint density at radius 3 is 2.53 bits per heavy atom. The van der Waals surface area contributed by atoms with Gasteiger partial charge in [0.05, 0.1) is 5.92 Å². The van der Waals surface area contributed by atoms with Crippen LogP contribution in [0.15, 0.2) is 30.3 Å². The van der Waals surface area contributed by atoms with E-state index in [1.54, 1.807) is 4.90 Å². The fraction of sp³-hybridized carbons (Fsp3) is 0.429. The molecule has 0 saturated carbocycles. The topological polar surface area (TPSA) is 83.6 Å². The monoisotopic (exact) mass is 262 g/mol. The minimum Gasteiger partial charge on any atom is -0.481 e. The Hall–Kier alpha value is -1.88. The molecular weight excluding hydrogens is 244 g/mol. The molecule has 2 rings (SSSR count). The zero-order chi connectivity index (χ0) is 13.8. The van der Waals surface area contributed by atoms with E-state index in [1.165, 1.54) is 0 Å². The molecule has 0 aliphatic carbocycles. The molecule has 0 spiro atoms. The normalized spacial score (nSPS) is 22.5. The highest BCUT2D eigenvalue weighted by Crippen LogP contribution is 2.33. The molecular formula is C14H18N2O3. The molecule has 102 valence electrons. The first-order valence-corrected chi connectivity index (χ1v) is 6.39. The van der Waals surface area contributed by atoms with E-state index in [0.29, 0.717) is 13.1 Å². The van der Waals surface area contributed by atoms with Crippen molar-refractivity contribution in [1.29, 1.82) is 0 Å². The SMILES string of the molecule is NCCC(=O)N1C[C@H](C(=O)O)[C@@H](c2ccccc2)C1. The Morgan fingerprint density at radius 2 is 1.95 bits per heavy atom. The Morgan fingerprint density at radius 1 is 1.26 bits per heavy atom. The first-order chi connectivity index (χ1) is 9.13. The van der Waals surface area contributed by atoms with Gasteiger partial charge in [0.15, 0.2) is 0 Å². The molecule has 19 heavy (non-hydrogen) atoms. The highest BCUT2D eigenvalue weighted by Gasteiger charge is 2.39. The second-order valence-electron chi connectivity index (χ2n) is 4.80. The molecule has 1 aromatic carbocycles. The lowest BCUT2D eigenvalue weighted by Gasteiger charge is -2.16. The van der Waals surface area contributed by atoms with Crippen molar-refractivity contribution in [3.05, 3.63) is 35.9 Å². The van der Waals surface area contributed by atoms with Gasteiger partial charge in [-0.3, -0.25) is 9.59 Å². The van der Waals surface area contributed by atoms with Gasteiger partial charge in [-0.25, -0.2) is 0 Å². The maximum Gasteiger partial charge on any atom is 0.308 e. The van der Waals surface area contributed by atoms with Gasteiger partial charge in [0, 0.05) is 32.0 Å². The summed E-state index contributed by atoms with van der Waals surface area (Å²) >= 11 is 0. The van der Waals surface area contributed by atoms with Crippen LogP contribution < -0.4 is 5.73 Å². The molecule has 5 nitrogen and oxygen atoms in total. The van der Waals surface area contributed by atoms with Crippen molar-refractivity contribution in [1.82, 2.24) is 4.90 Å². The number of carbonyl (C=O) groups excluding carboxylic acids is 1. The average Bonchev–Trinajstić information content (AvgIpc) is 2.85. The van der Waals surface area contributed by atoms with Crippen LogP contribution in [0.2, 0.25) is 0 Å². The Labute approximate surface area is 112 Å². The summed E-state index contributed by atoms with van der Waals surface area (Å²) in [6.07, 6.45) is 0.272. The standard InChI is InChI=1S/C14H18N2O3/c15-7-6-13(17)16-8-11(12(9-16)14(18)19)10-4-2-1-3-5-10/h1-5,11-12H,6-9,15H2,(H,18,19)/t11-,12+/m1/s1. The van der Waals surface area contributed by atoms with Gasteiger partial charge in [-0.1, -0.05) is 30.3 Å². The van der Waals surface area contributed by atoms with Crippen LogP contribution in [0.1, 0.15) is 17.9 Å². The molecule has 0 aromatic heterocycles. The predicted octanol–water partition coefficient (Wildman–Crippen LogP) is 0.662. The summed E-state index contributed by atoms with van der Waals surface area (Å²) in [5.74, 6) is -1.59. The number of nitrogens with two attached hydrogens (primary N) is 1. The summed E-state index contributed by atoms with van der Waals surface area (Å²) in [7, 11) is 0. The first kappa shape index (κ1) is 13.5. The molecule has 1 heterocycles. The molecule has 2 atom stereocenters. The van der Waals surface area contributed by atoms with Gasteiger partial charge in [-0.2, -0.15) is 0 Å². The fourth-order valence-corrected chi connectivity index (χ4v) is 2.58. The lowest BCUT2D eigenvalue weighted by Crippen LogP contribution is -2.31. The van der Waals surface area contributed by atoms with Gasteiger partial charge in [-0.05, 0) is 5.56 Å². The Balaban J connectivity index is 2.18. The quantitative estimate of drug-likeness (QED) is 0.835. The number of amides is 1. The summed E-state index contributed by atoms with van der Waals surface area (Å²) < 4.78 is 0. The van der Waals surface area contributed by atoms with Crippen LogP contribution in [-0.4, -0.2) is 41.5 Å². The second-order valence-corrected chi connectivity index (χ2v) is 4.80. The first-order valence-electron chi connectivity index (χ1n) is 6.39. The largest absolute Gasteiger partial charge is 0.481 e. The van der Waals surface area contributed by atoms with E-state index in [-0.39, 0.29) is 24.8 Å². The van der Waals surface area contributed by atoms with E-state index in [4.69, 9.17) is 5.73 Å². The fourth-order valence-electron chi connectivity index (χ4n) is 2.58. The van der Waals surface area contributed by atoms with Gasteiger partial charge in [-0.15, -0.1) is 0 Å². The summed E-state index contributed by atoms with van der Waals surface area (Å²) in [4.78, 5) is 24.8. The van der Waals surface area contributed by atoms with Gasteiger partial charge >= 0.3 is 5.97 Å². The zero-order valence-electron chi connectivity index (χ0n) is 10.7. The number of hydrogen-bond donors (Lipinski definition) is 2. The average molecular weight is 262 g/mol. The van der Waals surface area contributed by atoms with Crippen LogP contribution in [-0.2, 0) is 9.59 Å². The molecule has 0 unspecified atom stereocenters. The van der Waals surface area contributed by atoms with E-state index in [2.05, 4.69) is 0 Å². The Bertz CT molecular complexity index is 461. The van der Waals surface area contributed by atoms with Crippen molar-refractivity contribution in [2.45, 2.75) is 12.3 Å². The molecule has 1 aromatic rings. The van der Waals surface area contributed by atoms with Crippen LogP contribution >= 0.6 is 0 Å². The van der Waals surface area contributed by atoms with Crippen LogP contribution in [0, 0.1) is 5.92 Å². The number of nitrogens with zero attached hydrogens (tertiary/aromatic N) is 1. The van der Waals surface area contributed by atoms with E-state index in [1.807, 2.05) is 30.3 Å². The second kappa shape index (κ2) is 5.84. The molecule has 1 aliphatic rings. The van der Waals surface area contributed by atoms with Crippen LogP contribution in [0.3, 0.4) is 0 Å². The number of likely N-dealkylation sites (tertiary alicyclic amines) is 1. The molecule has 1 amide bonds. The number of carboxylic acid groups (broad SMARTS) is 1. The van der Waals surface area contributed by atoms with E-state index in [9.17, 15) is 14.7 Å². The minimum absolute atomic E-state index is 0.0628. The van der Waals surface area contributed by atoms with Gasteiger partial charge in [0.25, 0.3) is 0 Å². The number of benzene rings is 1. The molecule has 0 radical (unpaired) electrons. The van der Waals surface area contributed by atoms with E-state index < -0.39 is 11.9 Å². The van der Waals surface area contributed by atoms with Crippen LogP contribution in [0.4, 0.5) is 0 Å². The highest BCUT2D eigenvalue weighted by molar-refractivity contribution is 5.79. The summed E-state index contributed by atoms with van der Waals surface area (Å²) in [6.45, 7) is 1.02. The lowest BCUT2D eigenvalue weighted by molar-refractivity contribution is -0.141. The third-order valence-electron chi connectivity index (χ3n) is 3.58. The predicted molar refractivity (Wildman–Crippen MR) is 70.6 cm³/mol. The molecule has 1 saturated heterocycles. The van der Waals surface area contributed by atoms with Crippen molar-refractivity contribution < 1.29 is 14.7 Å². The molecule has 1 fully saturated rings. The minimum atomic E-state index is -0.850. The summed E-state index contributed by atoms with van der Waals surface area (Å²) in [5, 5.41) is 9.31. The maximum atomic E-state index is 11.8. The number of carboxylic acids is 1. The van der Waals surface area contributed by atoms with Crippen molar-refractivity contribution in [2.75, 3.05) is 19.6 Å². The van der Waals surface area contributed by atoms with Crippen LogP contribution in [0.5, 0.6) is 0 Å². The third-order valence-corrected chi connectivity index (χ3v) is 3.58. The smallest absolute Gasteiger partial charge is 0.308 e. The lowest BCUT2D eigenvalue weighted by atomic mass is 9.89. The van der Waals surface area contributed by atoms with Gasteiger partial charge < -0.3 is 15.7 Å². The van der Waals surface area contributed by atoms with Gasteiger partial charge in [0.1, 0.15) is 0 Å². The van der Waals surface area contributed by atoms with Crippen molar-refractivity contribution in [3.8, 4) is 0 Å². The van der Waals surface area contributed by atoms with Crippen LogP contribution in [0.25, 0.3) is 0 Å². The van der Waals surface area contributed by atoms with Crippen molar-refractivity contribution in [3.63, 3.8) is 0 Å². The highest BCUT2D eigenvalue weighted by atomic mass is 16.4. The molecule has 5 heteroatoms. The molecule has 1 aliphatic heterocycles. The van der Waals surface area contributed by atoms with Crippen molar-refractivity contribution in [2.24, 2.45) is 11.7 Å². The number of rotatable bonds is 4. The van der Waals surface area contributed by atoms with Gasteiger partial charge in [0.2, 0.25) is 5.91 Å². The van der Waals surface area contributed by atoms with E-state index >= 15 is 0 Å². The van der Waals surface area contributed by atoms with E-state index in [0.717, 1.165) is 5.56 Å². The number of hydrogen-bond acceptors (Lipinski definition) is 3. The third kappa shape index (κ3) is 2.93. The molecule has 3 N–H and O–H groups in total. The summed E-state index contributed by atoms with van der Waals surface area (Å²) in [5.41, 5.74) is 6.34. The number of carbonyl (C=O) groups is 2. The molecule has 0 bridgehead atoms. The summed E-state index contributed by atoms with van der Waals surface area (Å²) in [6, 6.07) is 9.50. The van der Waals surface area contributed by atoms with Crippen molar-refractivity contribution >= 4 is 11.9 Å². The maximum absolute atomic E-state index is 11.8. The Kier molecular flexibility index (Phi) is 4.16.